The molecule has 3 aromatic rings. The van der Waals surface area contributed by atoms with Gasteiger partial charge in [0.15, 0.2) is 58.1 Å². The molecular formula is C23H8F10O2. The number of Topliss-reactive ketones (excluding diaryl/α,β-unsaturated/α-hetero) is 1. The van der Waals surface area contributed by atoms with Crippen LogP contribution in [0.15, 0.2) is 36.4 Å². The Morgan fingerprint density at radius 2 is 0.914 bits per heavy atom. The van der Waals surface area contributed by atoms with Gasteiger partial charge in [0.2, 0.25) is 11.6 Å². The van der Waals surface area contributed by atoms with Gasteiger partial charge >= 0.3 is 0 Å². The van der Waals surface area contributed by atoms with Crippen LogP contribution in [0, 0.1) is 58.2 Å². The molecule has 0 amide bonds. The molecule has 0 aliphatic rings. The van der Waals surface area contributed by atoms with Crippen molar-refractivity contribution in [1.29, 1.82) is 0 Å². The Balaban J connectivity index is 2.15. The van der Waals surface area contributed by atoms with E-state index in [0.717, 1.165) is 0 Å². The molecule has 0 heterocycles. The monoisotopic (exact) mass is 506 g/mol. The van der Waals surface area contributed by atoms with Crippen LogP contribution in [0.5, 0.6) is 0 Å². The summed E-state index contributed by atoms with van der Waals surface area (Å²) >= 11 is 0. The first kappa shape index (κ1) is 25.7. The van der Waals surface area contributed by atoms with Crippen molar-refractivity contribution in [3.05, 3.63) is 111 Å². The summed E-state index contributed by atoms with van der Waals surface area (Å²) in [5, 5.41) is 0. The maximum Gasteiger partial charge on any atom is 0.200 e. The lowest BCUT2D eigenvalue weighted by Gasteiger charge is -2.11. The third-order valence-corrected chi connectivity index (χ3v) is 4.75. The molecule has 182 valence electrons. The van der Waals surface area contributed by atoms with Gasteiger partial charge in [0.1, 0.15) is 0 Å². The Bertz CT molecular complexity index is 1340. The normalized spacial score (nSPS) is 11.7. The summed E-state index contributed by atoms with van der Waals surface area (Å²) in [4.78, 5) is 24.9. The van der Waals surface area contributed by atoms with Gasteiger partial charge in [-0.25, -0.2) is 43.9 Å². The number of rotatable bonds is 6. The molecule has 0 aliphatic heterocycles. The zero-order valence-electron chi connectivity index (χ0n) is 16.8. The molecule has 0 saturated heterocycles. The number of allylic oxidation sites excluding steroid dienone is 2. The fourth-order valence-corrected chi connectivity index (χ4v) is 3.05. The molecule has 0 N–H and O–H groups in total. The third-order valence-electron chi connectivity index (χ3n) is 4.75. The van der Waals surface area contributed by atoms with E-state index in [4.69, 9.17) is 0 Å². The Morgan fingerprint density at radius 3 is 1.34 bits per heavy atom. The molecule has 0 fully saturated rings. The van der Waals surface area contributed by atoms with E-state index in [1.165, 1.54) is 30.3 Å². The van der Waals surface area contributed by atoms with Crippen molar-refractivity contribution in [3.8, 4) is 0 Å². The lowest BCUT2D eigenvalue weighted by atomic mass is 9.94. The van der Waals surface area contributed by atoms with Crippen LogP contribution in [-0.4, -0.2) is 11.6 Å². The van der Waals surface area contributed by atoms with E-state index in [2.05, 4.69) is 0 Å². The van der Waals surface area contributed by atoms with E-state index in [1.807, 2.05) is 0 Å². The second-order valence-corrected chi connectivity index (χ2v) is 6.89. The van der Waals surface area contributed by atoms with E-state index >= 15 is 0 Å². The first-order valence-electron chi connectivity index (χ1n) is 9.24. The standard InChI is InChI=1S/C23H8F10O2/c24-14-12(15(25)19(29)22(32)18(14)28)10(34)6-9(8-4-2-1-3-5-8)7-11(35)13-16(26)20(30)23(33)21(31)17(13)27/h1-6H,7H2. The molecule has 0 spiro atoms. The summed E-state index contributed by atoms with van der Waals surface area (Å²) in [6.07, 6.45) is -1.01. The third kappa shape index (κ3) is 4.55. The average molecular weight is 506 g/mol. The van der Waals surface area contributed by atoms with Crippen molar-refractivity contribution in [3.63, 3.8) is 0 Å². The molecule has 3 rings (SSSR count). The van der Waals surface area contributed by atoms with Crippen LogP contribution < -0.4 is 0 Å². The first-order valence-corrected chi connectivity index (χ1v) is 9.24. The number of carbonyl (C=O) groups excluding carboxylic acids is 2. The van der Waals surface area contributed by atoms with Crippen LogP contribution in [0.1, 0.15) is 32.7 Å². The quantitative estimate of drug-likeness (QED) is 0.124. The number of ketones is 2. The topological polar surface area (TPSA) is 34.1 Å². The fraction of sp³-hybridized carbons (Fsp3) is 0.0435. The summed E-state index contributed by atoms with van der Waals surface area (Å²) in [6.45, 7) is 0. The van der Waals surface area contributed by atoms with Gasteiger partial charge in [0.05, 0.1) is 11.1 Å². The molecule has 3 aromatic carbocycles. The van der Waals surface area contributed by atoms with Crippen LogP contribution in [-0.2, 0) is 0 Å². The highest BCUT2D eigenvalue weighted by Gasteiger charge is 2.31. The number of carbonyl (C=O) groups is 2. The predicted octanol–water partition coefficient (Wildman–Crippen LogP) is 6.62. The lowest BCUT2D eigenvalue weighted by Crippen LogP contribution is -2.14. The number of hydrogen-bond donors (Lipinski definition) is 0. The van der Waals surface area contributed by atoms with Crippen molar-refractivity contribution < 1.29 is 53.5 Å². The molecule has 0 saturated carbocycles. The van der Waals surface area contributed by atoms with E-state index in [1.54, 1.807) is 0 Å². The predicted molar refractivity (Wildman–Crippen MR) is 100 cm³/mol. The molecule has 0 atom stereocenters. The molecule has 0 aliphatic carbocycles. The van der Waals surface area contributed by atoms with Crippen LogP contribution >= 0.6 is 0 Å². The highest BCUT2D eigenvalue weighted by Crippen LogP contribution is 2.29. The van der Waals surface area contributed by atoms with Crippen LogP contribution in [0.4, 0.5) is 43.9 Å². The van der Waals surface area contributed by atoms with Gasteiger partial charge in [-0.1, -0.05) is 30.3 Å². The molecule has 2 nitrogen and oxygen atoms in total. The Labute approximate surface area is 189 Å². The summed E-state index contributed by atoms with van der Waals surface area (Å²) in [5.74, 6) is -28.2. The summed E-state index contributed by atoms with van der Waals surface area (Å²) in [5.41, 5.74) is -4.44. The van der Waals surface area contributed by atoms with Crippen molar-refractivity contribution in [2.75, 3.05) is 0 Å². The smallest absolute Gasteiger partial charge is 0.200 e. The molecular weight excluding hydrogens is 498 g/mol. The van der Waals surface area contributed by atoms with Crippen molar-refractivity contribution >= 4 is 17.1 Å². The van der Waals surface area contributed by atoms with Crippen LogP contribution in [0.2, 0.25) is 0 Å². The molecule has 0 bridgehead atoms. The van der Waals surface area contributed by atoms with Gasteiger partial charge in [0, 0.05) is 6.42 Å². The maximum atomic E-state index is 14.0. The molecule has 0 radical (unpaired) electrons. The first-order chi connectivity index (χ1) is 16.4. The van der Waals surface area contributed by atoms with E-state index in [9.17, 15) is 53.5 Å². The second-order valence-electron chi connectivity index (χ2n) is 6.89. The lowest BCUT2D eigenvalue weighted by molar-refractivity contribution is 0.0987. The van der Waals surface area contributed by atoms with Gasteiger partial charge < -0.3 is 0 Å². The highest BCUT2D eigenvalue weighted by atomic mass is 19.2. The Hall–Kier alpha value is -3.96. The largest absolute Gasteiger partial charge is 0.294 e. The minimum absolute atomic E-state index is 0.109. The van der Waals surface area contributed by atoms with Crippen molar-refractivity contribution in [2.45, 2.75) is 6.42 Å². The van der Waals surface area contributed by atoms with Crippen LogP contribution in [0.25, 0.3) is 5.57 Å². The Kier molecular flexibility index (Phi) is 7.13. The number of benzene rings is 3. The van der Waals surface area contributed by atoms with Gasteiger partial charge in [-0.3, -0.25) is 9.59 Å². The number of halogens is 10. The van der Waals surface area contributed by atoms with Gasteiger partial charge in [-0.15, -0.1) is 0 Å². The molecule has 0 aromatic heterocycles. The van der Waals surface area contributed by atoms with Gasteiger partial charge in [0.25, 0.3) is 0 Å². The van der Waals surface area contributed by atoms with E-state index in [-0.39, 0.29) is 11.6 Å². The highest BCUT2D eigenvalue weighted by molar-refractivity contribution is 6.12. The van der Waals surface area contributed by atoms with Crippen LogP contribution in [0.3, 0.4) is 0 Å². The molecule has 0 unspecified atom stereocenters. The molecule has 35 heavy (non-hydrogen) atoms. The van der Waals surface area contributed by atoms with Gasteiger partial charge in [-0.2, -0.15) is 0 Å². The zero-order chi connectivity index (χ0) is 26.2. The molecule has 12 heteroatoms. The second kappa shape index (κ2) is 9.72. The summed E-state index contributed by atoms with van der Waals surface area (Å²) < 4.78 is 137. The number of hydrogen-bond acceptors (Lipinski definition) is 2. The SMILES string of the molecule is O=C(C=C(CC(=O)c1c(F)c(F)c(F)c(F)c1F)c1ccccc1)c1c(F)c(F)c(F)c(F)c1F. The summed E-state index contributed by atoms with van der Waals surface area (Å²) in [6, 6.07) is 6.43. The fourth-order valence-electron chi connectivity index (χ4n) is 3.05. The van der Waals surface area contributed by atoms with Gasteiger partial charge in [-0.05, 0) is 17.2 Å². The Morgan fingerprint density at radius 1 is 0.543 bits per heavy atom. The van der Waals surface area contributed by atoms with E-state index in [0.29, 0.717) is 0 Å². The minimum atomic E-state index is -2.54. The van der Waals surface area contributed by atoms with E-state index < -0.39 is 92.9 Å². The zero-order valence-corrected chi connectivity index (χ0v) is 16.8. The summed E-state index contributed by atoms with van der Waals surface area (Å²) in [7, 11) is 0. The minimum Gasteiger partial charge on any atom is -0.294 e. The van der Waals surface area contributed by atoms with Crippen molar-refractivity contribution in [1.82, 2.24) is 0 Å². The maximum absolute atomic E-state index is 14.0. The average Bonchev–Trinajstić information content (AvgIpc) is 2.84. The van der Waals surface area contributed by atoms with Crippen molar-refractivity contribution in [2.24, 2.45) is 0 Å².